The summed E-state index contributed by atoms with van der Waals surface area (Å²) in [6.07, 6.45) is 4.25. The molecule has 28 heavy (non-hydrogen) atoms. The van der Waals surface area contributed by atoms with Gasteiger partial charge in [-0.25, -0.2) is 0 Å². The number of nitrogens with zero attached hydrogens (tertiary/aromatic N) is 2. The number of benzene rings is 2. The number of hydrogen-bond donors (Lipinski definition) is 0. The van der Waals surface area contributed by atoms with Gasteiger partial charge in [-0.3, -0.25) is 4.99 Å². The Morgan fingerprint density at radius 2 is 1.82 bits per heavy atom. The normalized spacial score (nSPS) is 15.7. The Hall–Kier alpha value is -2.55. The van der Waals surface area contributed by atoms with E-state index in [2.05, 4.69) is 93.9 Å². The van der Waals surface area contributed by atoms with E-state index < -0.39 is 0 Å². The third kappa shape index (κ3) is 3.84. The van der Waals surface area contributed by atoms with Gasteiger partial charge in [-0.1, -0.05) is 32.1 Å². The third-order valence-corrected chi connectivity index (χ3v) is 5.56. The average Bonchev–Trinajstić information content (AvgIpc) is 2.65. The average molecular weight is 377 g/mol. The van der Waals surface area contributed by atoms with Crippen molar-refractivity contribution in [3.05, 3.63) is 59.2 Å². The summed E-state index contributed by atoms with van der Waals surface area (Å²) in [6.45, 7) is 14.2. The Labute approximate surface area is 169 Å². The molecule has 0 aromatic heterocycles. The quantitative estimate of drug-likeness (QED) is 0.550. The smallest absolute Gasteiger partial charge is 0.129 e. The van der Waals surface area contributed by atoms with Crippen molar-refractivity contribution in [2.24, 2.45) is 4.99 Å². The Balaban J connectivity index is 2.00. The zero-order valence-electron chi connectivity index (χ0n) is 18.2. The van der Waals surface area contributed by atoms with Gasteiger partial charge in [0.25, 0.3) is 0 Å². The van der Waals surface area contributed by atoms with Crippen molar-refractivity contribution in [2.45, 2.75) is 53.0 Å². The molecule has 0 fully saturated rings. The topological polar surface area (TPSA) is 24.8 Å². The molecule has 3 heteroatoms. The summed E-state index contributed by atoms with van der Waals surface area (Å²) in [5, 5.41) is 0. The van der Waals surface area contributed by atoms with E-state index in [1.165, 1.54) is 22.4 Å². The van der Waals surface area contributed by atoms with Crippen LogP contribution in [0, 0.1) is 0 Å². The van der Waals surface area contributed by atoms with Crippen LogP contribution in [0.5, 0.6) is 5.75 Å². The van der Waals surface area contributed by atoms with Crippen LogP contribution in [-0.4, -0.2) is 25.4 Å². The molecule has 0 spiro atoms. The summed E-state index contributed by atoms with van der Waals surface area (Å²) < 4.78 is 5.71. The minimum absolute atomic E-state index is 0.00931. The first-order valence-electron chi connectivity index (χ1n) is 10.1. The van der Waals surface area contributed by atoms with Gasteiger partial charge in [0.2, 0.25) is 0 Å². The first-order valence-corrected chi connectivity index (χ1v) is 10.1. The molecule has 0 unspecified atom stereocenters. The van der Waals surface area contributed by atoms with Crippen molar-refractivity contribution in [1.82, 2.24) is 0 Å². The largest absolute Gasteiger partial charge is 0.496 e. The van der Waals surface area contributed by atoms with Crippen LogP contribution in [0.3, 0.4) is 0 Å². The zero-order valence-corrected chi connectivity index (χ0v) is 18.2. The fourth-order valence-corrected chi connectivity index (χ4v) is 4.07. The molecule has 1 aliphatic heterocycles. The molecule has 1 heterocycles. The van der Waals surface area contributed by atoms with E-state index in [1.54, 1.807) is 7.11 Å². The van der Waals surface area contributed by atoms with Gasteiger partial charge in [-0.05, 0) is 62.9 Å². The van der Waals surface area contributed by atoms with E-state index in [0.29, 0.717) is 5.92 Å². The summed E-state index contributed by atoms with van der Waals surface area (Å²) in [7, 11) is 1.73. The number of allylic oxidation sites excluding steroid dienone is 1. The minimum Gasteiger partial charge on any atom is -0.496 e. The maximum absolute atomic E-state index is 5.71. The highest BCUT2D eigenvalue weighted by molar-refractivity contribution is 5.92. The number of methoxy groups -OCH3 is 1. The fourth-order valence-electron chi connectivity index (χ4n) is 4.07. The van der Waals surface area contributed by atoms with Gasteiger partial charge >= 0.3 is 0 Å². The molecule has 3 rings (SSSR count). The Kier molecular flexibility index (Phi) is 5.64. The molecule has 0 aliphatic carbocycles. The van der Waals surface area contributed by atoms with Crippen LogP contribution in [0.1, 0.15) is 64.2 Å². The van der Waals surface area contributed by atoms with Crippen molar-refractivity contribution in [1.29, 1.82) is 0 Å². The van der Waals surface area contributed by atoms with Gasteiger partial charge in [0.05, 0.1) is 18.3 Å². The van der Waals surface area contributed by atoms with Crippen LogP contribution in [0.4, 0.5) is 11.4 Å². The maximum Gasteiger partial charge on any atom is 0.129 e. The molecule has 148 valence electrons. The number of anilines is 1. The predicted molar refractivity (Wildman–Crippen MR) is 122 cm³/mol. The Morgan fingerprint density at radius 3 is 2.39 bits per heavy atom. The van der Waals surface area contributed by atoms with E-state index in [4.69, 9.17) is 4.74 Å². The molecule has 3 nitrogen and oxygen atoms in total. The number of aliphatic imine (C=N–C) groups is 1. The monoisotopic (exact) mass is 376 g/mol. The molecule has 2 aromatic rings. The second kappa shape index (κ2) is 7.83. The number of likely N-dealkylation sites (N-methyl/N-ethyl adjacent to an activating group) is 1. The number of hydrogen-bond acceptors (Lipinski definition) is 3. The van der Waals surface area contributed by atoms with Gasteiger partial charge in [-0.15, -0.1) is 0 Å². The van der Waals surface area contributed by atoms with E-state index in [9.17, 15) is 0 Å². The highest BCUT2D eigenvalue weighted by Gasteiger charge is 2.31. The van der Waals surface area contributed by atoms with Crippen LogP contribution < -0.4 is 9.64 Å². The molecule has 0 saturated carbocycles. The Morgan fingerprint density at radius 1 is 1.14 bits per heavy atom. The van der Waals surface area contributed by atoms with Crippen LogP contribution >= 0.6 is 0 Å². The lowest BCUT2D eigenvalue weighted by atomic mass is 9.88. The van der Waals surface area contributed by atoms with Crippen molar-refractivity contribution >= 4 is 23.2 Å². The predicted octanol–water partition coefficient (Wildman–Crippen LogP) is 6.59. The minimum atomic E-state index is -0.00931. The number of ether oxygens (including phenoxy) is 1. The number of rotatable bonds is 5. The highest BCUT2D eigenvalue weighted by Crippen LogP contribution is 2.41. The van der Waals surface area contributed by atoms with Crippen molar-refractivity contribution < 1.29 is 4.74 Å². The first kappa shape index (κ1) is 20.2. The SMILES string of the molecule is CCN1c2cc(OC)c(C=Nc3ccc(C(C)C)cc3)cc2C(C)=CC1(C)C. The summed E-state index contributed by atoms with van der Waals surface area (Å²) >= 11 is 0. The molecule has 2 aromatic carbocycles. The summed E-state index contributed by atoms with van der Waals surface area (Å²) in [5.74, 6) is 1.38. The Bertz CT molecular complexity index is 905. The fraction of sp³-hybridized carbons (Fsp3) is 0.400. The third-order valence-electron chi connectivity index (χ3n) is 5.56. The maximum atomic E-state index is 5.71. The molecular weight excluding hydrogens is 344 g/mol. The van der Waals surface area contributed by atoms with E-state index in [0.717, 1.165) is 23.5 Å². The molecule has 1 aliphatic rings. The second-order valence-corrected chi connectivity index (χ2v) is 8.34. The van der Waals surface area contributed by atoms with Gasteiger partial charge < -0.3 is 9.64 Å². The van der Waals surface area contributed by atoms with Crippen LogP contribution in [0.2, 0.25) is 0 Å². The van der Waals surface area contributed by atoms with Crippen LogP contribution in [0.15, 0.2) is 47.5 Å². The van der Waals surface area contributed by atoms with Crippen molar-refractivity contribution in [2.75, 3.05) is 18.6 Å². The number of fused-ring (bicyclic) bond motifs is 1. The van der Waals surface area contributed by atoms with Crippen LogP contribution in [0.25, 0.3) is 5.57 Å². The van der Waals surface area contributed by atoms with E-state index >= 15 is 0 Å². The molecule has 0 radical (unpaired) electrons. The van der Waals surface area contributed by atoms with E-state index in [1.807, 2.05) is 6.21 Å². The zero-order chi connectivity index (χ0) is 20.5. The van der Waals surface area contributed by atoms with Gasteiger partial charge in [0, 0.05) is 35.6 Å². The summed E-state index contributed by atoms with van der Waals surface area (Å²) in [4.78, 5) is 7.11. The lowest BCUT2D eigenvalue weighted by Gasteiger charge is -2.43. The van der Waals surface area contributed by atoms with Gasteiger partial charge in [0.1, 0.15) is 5.75 Å². The lowest BCUT2D eigenvalue weighted by Crippen LogP contribution is -2.44. The molecule has 0 atom stereocenters. The van der Waals surface area contributed by atoms with Gasteiger partial charge in [-0.2, -0.15) is 0 Å². The second-order valence-electron chi connectivity index (χ2n) is 8.34. The summed E-state index contributed by atoms with van der Waals surface area (Å²) in [5.41, 5.74) is 7.04. The highest BCUT2D eigenvalue weighted by atomic mass is 16.5. The molecule has 0 saturated heterocycles. The molecule has 0 amide bonds. The molecule has 0 bridgehead atoms. The van der Waals surface area contributed by atoms with Gasteiger partial charge in [0.15, 0.2) is 0 Å². The standard InChI is InChI=1S/C25H32N2O/c1-8-27-23-14-24(28-7)20(13-22(23)18(4)15-25(27,5)6)16-26-21-11-9-19(10-12-21)17(2)3/h9-17H,8H2,1-7H3. The first-order chi connectivity index (χ1) is 13.3. The lowest BCUT2D eigenvalue weighted by molar-refractivity contribution is 0.413. The van der Waals surface area contributed by atoms with Crippen molar-refractivity contribution in [3.8, 4) is 5.75 Å². The summed E-state index contributed by atoms with van der Waals surface area (Å²) in [6, 6.07) is 12.8. The molecule has 0 N–H and O–H groups in total. The van der Waals surface area contributed by atoms with Crippen LogP contribution in [-0.2, 0) is 0 Å². The van der Waals surface area contributed by atoms with Crippen molar-refractivity contribution in [3.63, 3.8) is 0 Å². The molecular formula is C25H32N2O. The van der Waals surface area contributed by atoms with E-state index in [-0.39, 0.29) is 5.54 Å².